The molecular formula is C9H7FO2. The molecule has 1 aromatic carbocycles. The molecule has 0 aliphatic heterocycles. The lowest BCUT2D eigenvalue weighted by Gasteiger charge is -1.97. The monoisotopic (exact) mass is 166 g/mol. The van der Waals surface area contributed by atoms with Crippen molar-refractivity contribution in [3.05, 3.63) is 30.3 Å². The van der Waals surface area contributed by atoms with Crippen LogP contribution >= 0.6 is 0 Å². The summed E-state index contributed by atoms with van der Waals surface area (Å²) < 4.78 is 22.4. The van der Waals surface area contributed by atoms with E-state index in [-0.39, 0.29) is 0 Å². The Morgan fingerprint density at radius 2 is 2.25 bits per heavy atom. The van der Waals surface area contributed by atoms with Gasteiger partial charge in [-0.2, -0.15) is 4.39 Å². The van der Waals surface area contributed by atoms with Gasteiger partial charge in [0.25, 0.3) is 6.01 Å². The zero-order chi connectivity index (χ0) is 8.55. The molecule has 0 atom stereocenters. The van der Waals surface area contributed by atoms with E-state index in [1.54, 1.807) is 25.3 Å². The van der Waals surface area contributed by atoms with Crippen LogP contribution in [0.2, 0.25) is 0 Å². The van der Waals surface area contributed by atoms with Gasteiger partial charge in [-0.15, -0.1) is 0 Å². The van der Waals surface area contributed by atoms with E-state index in [1.807, 2.05) is 0 Å². The number of fused-ring (bicyclic) bond motifs is 1. The van der Waals surface area contributed by atoms with Crippen LogP contribution in [0.4, 0.5) is 4.39 Å². The second-order valence-electron chi connectivity index (χ2n) is 2.42. The van der Waals surface area contributed by atoms with Crippen molar-refractivity contribution in [3.8, 4) is 5.75 Å². The Morgan fingerprint density at radius 1 is 1.42 bits per heavy atom. The van der Waals surface area contributed by atoms with Crippen molar-refractivity contribution < 1.29 is 13.5 Å². The summed E-state index contributed by atoms with van der Waals surface area (Å²) in [6.07, 6.45) is 0. The highest BCUT2D eigenvalue weighted by atomic mass is 19.1. The maximum atomic E-state index is 12.6. The molecule has 0 aliphatic rings. The molecule has 2 aromatic rings. The predicted octanol–water partition coefficient (Wildman–Crippen LogP) is 2.58. The molecule has 0 aliphatic carbocycles. The second kappa shape index (κ2) is 2.52. The summed E-state index contributed by atoms with van der Waals surface area (Å²) >= 11 is 0. The molecule has 0 spiro atoms. The number of rotatable bonds is 1. The van der Waals surface area contributed by atoms with E-state index in [1.165, 1.54) is 6.07 Å². The SMILES string of the molecule is COc1cccc2oc(F)cc12. The van der Waals surface area contributed by atoms with Gasteiger partial charge >= 0.3 is 0 Å². The van der Waals surface area contributed by atoms with E-state index in [0.29, 0.717) is 16.7 Å². The number of halogens is 1. The third-order valence-electron chi connectivity index (χ3n) is 1.71. The maximum absolute atomic E-state index is 12.6. The average molecular weight is 166 g/mol. The first kappa shape index (κ1) is 7.16. The van der Waals surface area contributed by atoms with Crippen molar-refractivity contribution in [1.82, 2.24) is 0 Å². The number of furan rings is 1. The molecule has 12 heavy (non-hydrogen) atoms. The van der Waals surface area contributed by atoms with Gasteiger partial charge in [0.15, 0.2) is 0 Å². The van der Waals surface area contributed by atoms with Gasteiger partial charge in [0.1, 0.15) is 11.3 Å². The molecule has 0 unspecified atom stereocenters. The molecule has 0 amide bonds. The van der Waals surface area contributed by atoms with Gasteiger partial charge in [-0.05, 0) is 12.1 Å². The number of benzene rings is 1. The van der Waals surface area contributed by atoms with Crippen LogP contribution in [0.5, 0.6) is 5.75 Å². The Hall–Kier alpha value is -1.51. The summed E-state index contributed by atoms with van der Waals surface area (Å²) in [6.45, 7) is 0. The molecule has 0 bridgehead atoms. The van der Waals surface area contributed by atoms with Crippen LogP contribution in [-0.4, -0.2) is 7.11 Å². The molecule has 0 saturated heterocycles. The minimum atomic E-state index is -0.588. The number of methoxy groups -OCH3 is 1. The molecular weight excluding hydrogens is 159 g/mol. The molecule has 1 aromatic heterocycles. The Balaban J connectivity index is 2.78. The highest BCUT2D eigenvalue weighted by Gasteiger charge is 2.06. The van der Waals surface area contributed by atoms with Gasteiger partial charge in [0.2, 0.25) is 0 Å². The Morgan fingerprint density at radius 3 is 3.00 bits per heavy atom. The predicted molar refractivity (Wildman–Crippen MR) is 42.7 cm³/mol. The van der Waals surface area contributed by atoms with E-state index in [9.17, 15) is 4.39 Å². The summed E-state index contributed by atoms with van der Waals surface area (Å²) in [4.78, 5) is 0. The first-order valence-corrected chi connectivity index (χ1v) is 3.53. The summed E-state index contributed by atoms with van der Waals surface area (Å²) in [6, 6.07) is 5.94. The quantitative estimate of drug-likeness (QED) is 0.649. The lowest BCUT2D eigenvalue weighted by atomic mass is 10.2. The summed E-state index contributed by atoms with van der Waals surface area (Å²) in [5, 5.41) is 0.664. The van der Waals surface area contributed by atoms with Crippen molar-refractivity contribution in [1.29, 1.82) is 0 Å². The first-order chi connectivity index (χ1) is 5.81. The van der Waals surface area contributed by atoms with Crippen LogP contribution in [0.15, 0.2) is 28.7 Å². The smallest absolute Gasteiger partial charge is 0.279 e. The van der Waals surface area contributed by atoms with Crippen molar-refractivity contribution in [2.75, 3.05) is 7.11 Å². The molecule has 1 heterocycles. The Bertz CT molecular complexity index is 406. The summed E-state index contributed by atoms with van der Waals surface area (Å²) in [5.41, 5.74) is 0.506. The van der Waals surface area contributed by atoms with Crippen molar-refractivity contribution in [2.24, 2.45) is 0 Å². The lowest BCUT2D eigenvalue weighted by Crippen LogP contribution is -1.81. The van der Waals surface area contributed by atoms with Crippen LogP contribution in [0.3, 0.4) is 0 Å². The third kappa shape index (κ3) is 0.942. The van der Waals surface area contributed by atoms with Gasteiger partial charge < -0.3 is 9.15 Å². The van der Waals surface area contributed by atoms with Gasteiger partial charge in [0.05, 0.1) is 12.5 Å². The maximum Gasteiger partial charge on any atom is 0.279 e. The summed E-state index contributed by atoms with van der Waals surface area (Å²) in [7, 11) is 1.54. The molecule has 0 radical (unpaired) electrons. The van der Waals surface area contributed by atoms with Crippen molar-refractivity contribution >= 4 is 11.0 Å². The minimum Gasteiger partial charge on any atom is -0.496 e. The van der Waals surface area contributed by atoms with Crippen LogP contribution < -0.4 is 4.74 Å². The minimum absolute atomic E-state index is 0.506. The van der Waals surface area contributed by atoms with E-state index in [4.69, 9.17) is 9.15 Å². The van der Waals surface area contributed by atoms with Gasteiger partial charge in [-0.1, -0.05) is 6.07 Å². The van der Waals surface area contributed by atoms with Crippen LogP contribution in [0.25, 0.3) is 11.0 Å². The molecule has 0 saturated carbocycles. The van der Waals surface area contributed by atoms with Crippen LogP contribution in [-0.2, 0) is 0 Å². The molecule has 0 N–H and O–H groups in total. The largest absolute Gasteiger partial charge is 0.496 e. The molecule has 0 fully saturated rings. The van der Waals surface area contributed by atoms with E-state index in [2.05, 4.69) is 0 Å². The molecule has 2 nitrogen and oxygen atoms in total. The topological polar surface area (TPSA) is 22.4 Å². The fourth-order valence-electron chi connectivity index (χ4n) is 1.18. The number of ether oxygens (including phenoxy) is 1. The standard InChI is InChI=1S/C9H7FO2/c1-11-7-3-2-4-8-6(7)5-9(10)12-8/h2-5H,1H3. The third-order valence-corrected chi connectivity index (χ3v) is 1.71. The fraction of sp³-hybridized carbons (Fsp3) is 0.111. The molecule has 62 valence electrons. The van der Waals surface area contributed by atoms with Gasteiger partial charge in [-0.3, -0.25) is 0 Å². The highest BCUT2D eigenvalue weighted by Crippen LogP contribution is 2.27. The van der Waals surface area contributed by atoms with Gasteiger partial charge in [-0.25, -0.2) is 0 Å². The lowest BCUT2D eigenvalue weighted by molar-refractivity contribution is 0.381. The number of hydrogen-bond donors (Lipinski definition) is 0. The first-order valence-electron chi connectivity index (χ1n) is 3.53. The van der Waals surface area contributed by atoms with Crippen molar-refractivity contribution in [3.63, 3.8) is 0 Å². The zero-order valence-corrected chi connectivity index (χ0v) is 6.50. The Labute approximate surface area is 68.6 Å². The van der Waals surface area contributed by atoms with Crippen LogP contribution in [0.1, 0.15) is 0 Å². The molecule has 2 rings (SSSR count). The average Bonchev–Trinajstić information content (AvgIpc) is 2.44. The molecule has 3 heteroatoms. The van der Waals surface area contributed by atoms with E-state index >= 15 is 0 Å². The van der Waals surface area contributed by atoms with Crippen molar-refractivity contribution in [2.45, 2.75) is 0 Å². The zero-order valence-electron chi connectivity index (χ0n) is 6.50. The highest BCUT2D eigenvalue weighted by molar-refractivity contribution is 5.83. The fourth-order valence-corrected chi connectivity index (χ4v) is 1.18. The van der Waals surface area contributed by atoms with E-state index in [0.717, 1.165) is 0 Å². The normalized spacial score (nSPS) is 10.5. The second-order valence-corrected chi connectivity index (χ2v) is 2.42. The van der Waals surface area contributed by atoms with E-state index < -0.39 is 6.01 Å². The Kier molecular flexibility index (Phi) is 1.50. The van der Waals surface area contributed by atoms with Crippen LogP contribution in [0, 0.1) is 6.01 Å². The summed E-state index contributed by atoms with van der Waals surface area (Å²) in [5.74, 6) is 0.625. The number of hydrogen-bond acceptors (Lipinski definition) is 2. The van der Waals surface area contributed by atoms with Gasteiger partial charge in [0, 0.05) is 6.07 Å².